The first-order valence-corrected chi connectivity index (χ1v) is 9.77. The van der Waals surface area contributed by atoms with Crippen molar-refractivity contribution in [2.45, 2.75) is 32.1 Å². The highest BCUT2D eigenvalue weighted by Crippen LogP contribution is 2.20. The molecule has 1 aromatic rings. The van der Waals surface area contributed by atoms with Gasteiger partial charge in [0.25, 0.3) is 0 Å². The number of guanidine groups is 1. The number of hydrogen-bond acceptors (Lipinski definition) is 2. The van der Waals surface area contributed by atoms with Crippen LogP contribution in [0.4, 0.5) is 8.78 Å². The summed E-state index contributed by atoms with van der Waals surface area (Å²) >= 11 is 0. The first-order valence-electron chi connectivity index (χ1n) is 9.77. The Morgan fingerprint density at radius 3 is 2.77 bits per heavy atom. The van der Waals surface area contributed by atoms with E-state index in [0.717, 1.165) is 25.1 Å². The van der Waals surface area contributed by atoms with Crippen LogP contribution in [0.3, 0.4) is 0 Å². The summed E-state index contributed by atoms with van der Waals surface area (Å²) in [5, 5.41) is 3.30. The summed E-state index contributed by atoms with van der Waals surface area (Å²) in [7, 11) is 1.78. The van der Waals surface area contributed by atoms with Crippen LogP contribution in [0, 0.1) is 17.6 Å². The molecule has 26 heavy (non-hydrogen) atoms. The summed E-state index contributed by atoms with van der Waals surface area (Å²) in [5.41, 5.74) is 0.400. The van der Waals surface area contributed by atoms with E-state index >= 15 is 0 Å². The van der Waals surface area contributed by atoms with E-state index in [9.17, 15) is 8.78 Å². The van der Waals surface area contributed by atoms with Gasteiger partial charge < -0.3 is 15.1 Å². The maximum atomic E-state index is 13.7. The molecule has 1 unspecified atom stereocenters. The first-order chi connectivity index (χ1) is 12.7. The molecule has 2 aliphatic heterocycles. The minimum absolute atomic E-state index is 0.356. The standard InChI is InChI=1S/C20H30F2N4/c1-23-20(24-9-7-17-13-18(21)5-6-19(17)22)26-12-8-16(15-26)14-25-10-3-2-4-11-25/h5-6,13,16H,2-4,7-12,14-15H2,1H3,(H,23,24). The third-order valence-corrected chi connectivity index (χ3v) is 5.45. The summed E-state index contributed by atoms with van der Waals surface area (Å²) in [6.07, 6.45) is 5.66. The lowest BCUT2D eigenvalue weighted by molar-refractivity contribution is 0.198. The highest BCUT2D eigenvalue weighted by Gasteiger charge is 2.26. The molecular formula is C20H30F2N4. The molecule has 3 rings (SSSR count). The molecular weight excluding hydrogens is 334 g/mol. The predicted octanol–water partition coefficient (Wildman–Crippen LogP) is 2.89. The van der Waals surface area contributed by atoms with Crippen LogP contribution >= 0.6 is 0 Å². The van der Waals surface area contributed by atoms with Gasteiger partial charge in [-0.25, -0.2) is 8.78 Å². The molecule has 0 amide bonds. The molecule has 2 heterocycles. The molecule has 0 radical (unpaired) electrons. The average Bonchev–Trinajstić information content (AvgIpc) is 3.10. The van der Waals surface area contributed by atoms with Crippen LogP contribution in [-0.4, -0.2) is 62.1 Å². The summed E-state index contributed by atoms with van der Waals surface area (Å²) in [6, 6.07) is 3.60. The van der Waals surface area contributed by atoms with E-state index in [-0.39, 0.29) is 5.82 Å². The summed E-state index contributed by atoms with van der Waals surface area (Å²) < 4.78 is 27.0. The van der Waals surface area contributed by atoms with Gasteiger partial charge in [-0.3, -0.25) is 4.99 Å². The highest BCUT2D eigenvalue weighted by molar-refractivity contribution is 5.80. The Balaban J connectivity index is 1.44. The zero-order chi connectivity index (χ0) is 18.4. The van der Waals surface area contributed by atoms with Crippen LogP contribution in [0.2, 0.25) is 0 Å². The van der Waals surface area contributed by atoms with Gasteiger partial charge in [0.1, 0.15) is 11.6 Å². The maximum Gasteiger partial charge on any atom is 0.193 e. The fourth-order valence-corrected chi connectivity index (χ4v) is 4.06. The van der Waals surface area contributed by atoms with E-state index in [1.54, 1.807) is 7.05 Å². The fraction of sp³-hybridized carbons (Fsp3) is 0.650. The van der Waals surface area contributed by atoms with Crippen molar-refractivity contribution in [3.8, 4) is 0 Å². The molecule has 1 atom stereocenters. The van der Waals surface area contributed by atoms with E-state index in [1.807, 2.05) is 0 Å². The second kappa shape index (κ2) is 9.31. The lowest BCUT2D eigenvalue weighted by Gasteiger charge is -2.29. The zero-order valence-corrected chi connectivity index (χ0v) is 15.7. The molecule has 6 heteroatoms. The second-order valence-electron chi connectivity index (χ2n) is 7.42. The number of hydrogen-bond donors (Lipinski definition) is 1. The number of nitrogens with zero attached hydrogens (tertiary/aromatic N) is 3. The van der Waals surface area contributed by atoms with Crippen molar-refractivity contribution in [1.29, 1.82) is 0 Å². The lowest BCUT2D eigenvalue weighted by atomic mass is 10.1. The topological polar surface area (TPSA) is 30.9 Å². The molecule has 144 valence electrons. The van der Waals surface area contributed by atoms with Crippen molar-refractivity contribution in [2.24, 2.45) is 10.9 Å². The van der Waals surface area contributed by atoms with E-state index in [2.05, 4.69) is 20.1 Å². The Kier molecular flexibility index (Phi) is 6.83. The minimum Gasteiger partial charge on any atom is -0.356 e. The van der Waals surface area contributed by atoms with Gasteiger partial charge in [0.2, 0.25) is 0 Å². The van der Waals surface area contributed by atoms with Gasteiger partial charge in [0, 0.05) is 33.2 Å². The van der Waals surface area contributed by atoms with Gasteiger partial charge in [-0.1, -0.05) is 6.42 Å². The Hall–Kier alpha value is -1.69. The molecule has 0 saturated carbocycles. The van der Waals surface area contributed by atoms with Crippen LogP contribution in [-0.2, 0) is 6.42 Å². The quantitative estimate of drug-likeness (QED) is 0.644. The van der Waals surface area contributed by atoms with Crippen molar-refractivity contribution >= 4 is 5.96 Å². The van der Waals surface area contributed by atoms with Gasteiger partial charge in [-0.2, -0.15) is 0 Å². The maximum absolute atomic E-state index is 13.7. The number of benzene rings is 1. The SMILES string of the molecule is CN=C(NCCc1cc(F)ccc1F)N1CCC(CN2CCCCC2)C1. The monoisotopic (exact) mass is 364 g/mol. The lowest BCUT2D eigenvalue weighted by Crippen LogP contribution is -2.42. The van der Waals surface area contributed by atoms with Crippen LogP contribution in [0.5, 0.6) is 0 Å². The summed E-state index contributed by atoms with van der Waals surface area (Å²) in [6.45, 7) is 6.23. The Morgan fingerprint density at radius 2 is 2.00 bits per heavy atom. The summed E-state index contributed by atoms with van der Waals surface area (Å²) in [4.78, 5) is 9.26. The zero-order valence-electron chi connectivity index (χ0n) is 15.7. The molecule has 0 aromatic heterocycles. The molecule has 0 aliphatic carbocycles. The van der Waals surface area contributed by atoms with Crippen molar-refractivity contribution in [3.05, 3.63) is 35.4 Å². The fourth-order valence-electron chi connectivity index (χ4n) is 4.06. The van der Waals surface area contributed by atoms with E-state index in [0.29, 0.717) is 24.4 Å². The number of piperidine rings is 1. The number of nitrogens with one attached hydrogen (secondary N) is 1. The third-order valence-electron chi connectivity index (χ3n) is 5.45. The molecule has 1 N–H and O–H groups in total. The van der Waals surface area contributed by atoms with E-state index in [1.165, 1.54) is 57.5 Å². The average molecular weight is 364 g/mol. The van der Waals surface area contributed by atoms with Crippen LogP contribution < -0.4 is 5.32 Å². The number of likely N-dealkylation sites (tertiary alicyclic amines) is 2. The molecule has 1 aromatic carbocycles. The van der Waals surface area contributed by atoms with Gasteiger partial charge in [-0.05, 0) is 68.5 Å². The Morgan fingerprint density at radius 1 is 1.19 bits per heavy atom. The Bertz CT molecular complexity index is 614. The normalized spacial score (nSPS) is 22.0. The van der Waals surface area contributed by atoms with Crippen molar-refractivity contribution in [1.82, 2.24) is 15.1 Å². The van der Waals surface area contributed by atoms with Crippen LogP contribution in [0.1, 0.15) is 31.2 Å². The van der Waals surface area contributed by atoms with Gasteiger partial charge >= 0.3 is 0 Å². The van der Waals surface area contributed by atoms with Gasteiger partial charge in [0.15, 0.2) is 5.96 Å². The molecule has 2 aliphatic rings. The van der Waals surface area contributed by atoms with Crippen molar-refractivity contribution in [2.75, 3.05) is 46.3 Å². The Labute approximate surface area is 155 Å². The number of aliphatic imine (C=N–C) groups is 1. The van der Waals surface area contributed by atoms with Crippen molar-refractivity contribution < 1.29 is 8.78 Å². The van der Waals surface area contributed by atoms with Crippen LogP contribution in [0.15, 0.2) is 23.2 Å². The second-order valence-corrected chi connectivity index (χ2v) is 7.42. The molecule has 2 fully saturated rings. The first kappa shape index (κ1) is 19.1. The molecule has 0 spiro atoms. The number of rotatable bonds is 5. The highest BCUT2D eigenvalue weighted by atomic mass is 19.1. The third kappa shape index (κ3) is 5.16. The predicted molar refractivity (Wildman–Crippen MR) is 101 cm³/mol. The minimum atomic E-state index is -0.397. The molecule has 0 bridgehead atoms. The smallest absolute Gasteiger partial charge is 0.193 e. The van der Waals surface area contributed by atoms with Crippen molar-refractivity contribution in [3.63, 3.8) is 0 Å². The molecule has 2 saturated heterocycles. The largest absolute Gasteiger partial charge is 0.356 e. The van der Waals surface area contributed by atoms with E-state index in [4.69, 9.17) is 0 Å². The van der Waals surface area contributed by atoms with E-state index < -0.39 is 5.82 Å². The number of halogens is 2. The molecule has 4 nitrogen and oxygen atoms in total. The van der Waals surface area contributed by atoms with Crippen LogP contribution in [0.25, 0.3) is 0 Å². The summed E-state index contributed by atoms with van der Waals surface area (Å²) in [5.74, 6) is 0.798. The van der Waals surface area contributed by atoms with Gasteiger partial charge in [0.05, 0.1) is 0 Å². The van der Waals surface area contributed by atoms with Gasteiger partial charge in [-0.15, -0.1) is 0 Å².